The maximum atomic E-state index is 10.8. The Bertz CT molecular complexity index is 490. The van der Waals surface area contributed by atoms with Crippen LogP contribution in [0.2, 0.25) is 0 Å². The summed E-state index contributed by atoms with van der Waals surface area (Å²) in [5.41, 5.74) is 0.103. The molecular formula is C12H15N3OS. The number of pyridine rings is 1. The fourth-order valence-electron chi connectivity index (χ4n) is 2.74. The van der Waals surface area contributed by atoms with Gasteiger partial charge in [-0.2, -0.15) is 0 Å². The minimum absolute atomic E-state index is 0.0589. The highest BCUT2D eigenvalue weighted by Gasteiger charge is 2.52. The predicted octanol–water partition coefficient (Wildman–Crippen LogP) is 1.74. The molecule has 1 aromatic heterocycles. The van der Waals surface area contributed by atoms with Crippen molar-refractivity contribution in [3.8, 4) is 0 Å². The molecule has 2 aliphatic rings. The molecule has 1 aliphatic heterocycles. The number of aromatic nitrogens is 1. The van der Waals surface area contributed by atoms with Crippen molar-refractivity contribution in [3.63, 3.8) is 0 Å². The number of aliphatic imine (C=N–C) groups is 1. The maximum Gasteiger partial charge on any atom is 0.167 e. The number of hydrogen-bond donors (Lipinski definition) is 2. The van der Waals surface area contributed by atoms with E-state index in [2.05, 4.69) is 22.6 Å². The molecule has 0 saturated heterocycles. The monoisotopic (exact) mass is 249 g/mol. The van der Waals surface area contributed by atoms with Crippen molar-refractivity contribution < 1.29 is 5.11 Å². The van der Waals surface area contributed by atoms with E-state index < -0.39 is 5.72 Å². The molecule has 17 heavy (non-hydrogen) atoms. The Morgan fingerprint density at radius 3 is 3.18 bits per heavy atom. The summed E-state index contributed by atoms with van der Waals surface area (Å²) in [6, 6.07) is 3.81. The number of aryl methyl sites for hydroxylation is 1. The SMILES string of the molecule is Cc1cccnc1N1C(S)=NC2CCCC21O. The van der Waals surface area contributed by atoms with Gasteiger partial charge in [-0.05, 0) is 37.8 Å². The summed E-state index contributed by atoms with van der Waals surface area (Å²) in [4.78, 5) is 10.6. The molecule has 1 aliphatic carbocycles. The van der Waals surface area contributed by atoms with Crippen molar-refractivity contribution in [3.05, 3.63) is 23.9 Å². The van der Waals surface area contributed by atoms with Gasteiger partial charge in [0.1, 0.15) is 11.9 Å². The van der Waals surface area contributed by atoms with Gasteiger partial charge in [0.15, 0.2) is 10.9 Å². The highest BCUT2D eigenvalue weighted by atomic mass is 32.1. The van der Waals surface area contributed by atoms with E-state index in [1.165, 1.54) is 0 Å². The Balaban J connectivity index is 2.09. The quantitative estimate of drug-likeness (QED) is 0.745. The van der Waals surface area contributed by atoms with Crippen LogP contribution in [0.3, 0.4) is 0 Å². The van der Waals surface area contributed by atoms with Gasteiger partial charge in [-0.15, -0.1) is 12.6 Å². The van der Waals surface area contributed by atoms with E-state index in [0.29, 0.717) is 5.17 Å². The van der Waals surface area contributed by atoms with Gasteiger partial charge >= 0.3 is 0 Å². The number of rotatable bonds is 1. The molecule has 4 nitrogen and oxygen atoms in total. The normalized spacial score (nSPS) is 31.6. The Labute approximate surface area is 106 Å². The zero-order valence-electron chi connectivity index (χ0n) is 9.67. The van der Waals surface area contributed by atoms with Crippen molar-refractivity contribution in [2.75, 3.05) is 4.90 Å². The third-order valence-corrected chi connectivity index (χ3v) is 3.92. The van der Waals surface area contributed by atoms with Gasteiger partial charge < -0.3 is 5.11 Å². The van der Waals surface area contributed by atoms with Gasteiger partial charge in [0, 0.05) is 6.20 Å². The van der Waals surface area contributed by atoms with Crippen LogP contribution in [0.1, 0.15) is 24.8 Å². The number of anilines is 1. The lowest BCUT2D eigenvalue weighted by Gasteiger charge is -2.34. The molecule has 0 amide bonds. The summed E-state index contributed by atoms with van der Waals surface area (Å²) in [7, 11) is 0. The van der Waals surface area contributed by atoms with Crippen molar-refractivity contribution in [2.45, 2.75) is 38.0 Å². The van der Waals surface area contributed by atoms with Gasteiger partial charge in [0.25, 0.3) is 0 Å². The lowest BCUT2D eigenvalue weighted by Crippen LogP contribution is -2.50. The number of thiol groups is 1. The summed E-state index contributed by atoms with van der Waals surface area (Å²) in [6.07, 6.45) is 4.37. The van der Waals surface area contributed by atoms with E-state index in [-0.39, 0.29) is 6.04 Å². The number of hydrogen-bond acceptors (Lipinski definition) is 4. The first-order chi connectivity index (χ1) is 8.13. The minimum Gasteiger partial charge on any atom is -0.368 e. The molecule has 3 rings (SSSR count). The number of aliphatic hydroxyl groups is 1. The van der Waals surface area contributed by atoms with E-state index in [4.69, 9.17) is 0 Å². The highest BCUT2D eigenvalue weighted by Crippen LogP contribution is 2.43. The summed E-state index contributed by atoms with van der Waals surface area (Å²) < 4.78 is 0. The van der Waals surface area contributed by atoms with Crippen LogP contribution in [0.4, 0.5) is 5.82 Å². The molecule has 2 unspecified atom stereocenters. The Morgan fingerprint density at radius 1 is 1.59 bits per heavy atom. The molecule has 1 aromatic rings. The molecule has 0 aromatic carbocycles. The molecule has 0 radical (unpaired) electrons. The lowest BCUT2D eigenvalue weighted by molar-refractivity contribution is 0.0510. The standard InChI is InChI=1S/C12H15N3OS/c1-8-4-3-7-13-10(8)15-11(17)14-9-5-2-6-12(9,15)16/h3-4,7,9,16H,2,5-6H2,1H3,(H,14,17). The lowest BCUT2D eigenvalue weighted by atomic mass is 10.1. The zero-order valence-corrected chi connectivity index (χ0v) is 10.6. The summed E-state index contributed by atoms with van der Waals surface area (Å²) >= 11 is 4.38. The number of amidine groups is 1. The van der Waals surface area contributed by atoms with E-state index >= 15 is 0 Å². The molecule has 90 valence electrons. The van der Waals surface area contributed by atoms with Crippen molar-refractivity contribution in [1.82, 2.24) is 4.98 Å². The first-order valence-corrected chi connectivity index (χ1v) is 6.28. The fourth-order valence-corrected chi connectivity index (χ4v) is 3.15. The van der Waals surface area contributed by atoms with E-state index in [9.17, 15) is 5.11 Å². The molecule has 0 bridgehead atoms. The average molecular weight is 249 g/mol. The second-order valence-electron chi connectivity index (χ2n) is 4.69. The molecule has 5 heteroatoms. The van der Waals surface area contributed by atoms with Crippen LogP contribution in [0, 0.1) is 6.92 Å². The number of fused-ring (bicyclic) bond motifs is 1. The molecule has 2 atom stereocenters. The van der Waals surface area contributed by atoms with E-state index in [1.807, 2.05) is 19.1 Å². The molecule has 1 saturated carbocycles. The average Bonchev–Trinajstić information content (AvgIpc) is 2.74. The second-order valence-corrected chi connectivity index (χ2v) is 5.09. The van der Waals surface area contributed by atoms with Crippen molar-refractivity contribution in [1.29, 1.82) is 0 Å². The molecular weight excluding hydrogens is 234 g/mol. The Kier molecular flexibility index (Phi) is 2.41. The van der Waals surface area contributed by atoms with E-state index in [1.54, 1.807) is 11.1 Å². The Morgan fingerprint density at radius 2 is 2.41 bits per heavy atom. The first kappa shape index (κ1) is 11.0. The van der Waals surface area contributed by atoms with Crippen LogP contribution >= 0.6 is 12.6 Å². The highest BCUT2D eigenvalue weighted by molar-refractivity contribution is 7.97. The fraction of sp³-hybridized carbons (Fsp3) is 0.500. The summed E-state index contributed by atoms with van der Waals surface area (Å²) in [6.45, 7) is 1.98. The largest absolute Gasteiger partial charge is 0.368 e. The Hall–Kier alpha value is -1.07. The topological polar surface area (TPSA) is 48.7 Å². The molecule has 0 spiro atoms. The van der Waals surface area contributed by atoms with Crippen LogP contribution in [0.5, 0.6) is 0 Å². The van der Waals surface area contributed by atoms with Gasteiger partial charge in [-0.1, -0.05) is 6.07 Å². The minimum atomic E-state index is -0.920. The zero-order chi connectivity index (χ0) is 12.0. The van der Waals surface area contributed by atoms with Gasteiger partial charge in [-0.25, -0.2) is 4.98 Å². The summed E-state index contributed by atoms with van der Waals surface area (Å²) in [5.74, 6) is 0.758. The van der Waals surface area contributed by atoms with Crippen LogP contribution in [0.25, 0.3) is 0 Å². The molecule has 2 heterocycles. The maximum absolute atomic E-state index is 10.8. The van der Waals surface area contributed by atoms with Crippen LogP contribution in [-0.4, -0.2) is 27.0 Å². The smallest absolute Gasteiger partial charge is 0.167 e. The third-order valence-electron chi connectivity index (χ3n) is 3.61. The van der Waals surface area contributed by atoms with E-state index in [0.717, 1.165) is 30.6 Å². The van der Waals surface area contributed by atoms with Crippen LogP contribution < -0.4 is 4.90 Å². The van der Waals surface area contributed by atoms with Gasteiger partial charge in [0.2, 0.25) is 0 Å². The number of nitrogens with zero attached hydrogens (tertiary/aromatic N) is 3. The molecule has 1 fully saturated rings. The third kappa shape index (κ3) is 1.49. The van der Waals surface area contributed by atoms with Crippen LogP contribution in [-0.2, 0) is 0 Å². The van der Waals surface area contributed by atoms with Gasteiger partial charge in [0.05, 0.1) is 0 Å². The second kappa shape index (κ2) is 3.71. The first-order valence-electron chi connectivity index (χ1n) is 5.84. The van der Waals surface area contributed by atoms with Crippen molar-refractivity contribution in [2.24, 2.45) is 4.99 Å². The predicted molar refractivity (Wildman–Crippen MR) is 70.5 cm³/mol. The molecule has 1 N–H and O–H groups in total. The van der Waals surface area contributed by atoms with Gasteiger partial charge in [-0.3, -0.25) is 9.89 Å². The summed E-state index contributed by atoms with van der Waals surface area (Å²) in [5, 5.41) is 11.3. The van der Waals surface area contributed by atoms with Crippen LogP contribution in [0.15, 0.2) is 23.3 Å². The van der Waals surface area contributed by atoms with Crippen molar-refractivity contribution >= 4 is 23.6 Å².